The van der Waals surface area contributed by atoms with Crippen molar-refractivity contribution < 1.29 is 35.2 Å². The van der Waals surface area contributed by atoms with Crippen LogP contribution in [0.15, 0.2) is 62.9 Å². The molecule has 7 nitrogen and oxygen atoms in total. The van der Waals surface area contributed by atoms with E-state index in [1.54, 1.807) is 6.92 Å². The standard InChI is InChI=1S/C23H19F4N3O4S/c1-13-20-18(29-30-35(32,33)17-10-8-15(24)9-11-17)6-3-7-19(20)34-21(13)22(31)28-16-5-2-4-14(12-16)23(25,26)27/h2,4-5,8-12,30H,3,6-7H2,1H3,(H,28,31)/b29-18+. The van der Waals surface area contributed by atoms with Gasteiger partial charge in [-0.2, -0.15) is 31.5 Å². The summed E-state index contributed by atoms with van der Waals surface area (Å²) < 4.78 is 82.7. The molecule has 184 valence electrons. The molecule has 1 aliphatic rings. The van der Waals surface area contributed by atoms with Gasteiger partial charge in [0.2, 0.25) is 0 Å². The lowest BCUT2D eigenvalue weighted by Gasteiger charge is -2.14. The number of anilines is 1. The zero-order chi connectivity index (χ0) is 25.4. The summed E-state index contributed by atoms with van der Waals surface area (Å²) in [6.45, 7) is 1.58. The minimum atomic E-state index is -4.56. The van der Waals surface area contributed by atoms with E-state index in [4.69, 9.17) is 4.42 Å². The van der Waals surface area contributed by atoms with Crippen molar-refractivity contribution in [2.45, 2.75) is 37.3 Å². The van der Waals surface area contributed by atoms with E-state index in [-0.39, 0.29) is 16.3 Å². The maximum Gasteiger partial charge on any atom is 0.416 e. The van der Waals surface area contributed by atoms with Gasteiger partial charge >= 0.3 is 6.18 Å². The van der Waals surface area contributed by atoms with Crippen molar-refractivity contribution in [1.29, 1.82) is 0 Å². The molecular weight excluding hydrogens is 490 g/mol. The van der Waals surface area contributed by atoms with Crippen molar-refractivity contribution in [3.63, 3.8) is 0 Å². The topological polar surface area (TPSA) is 101 Å². The minimum absolute atomic E-state index is 0.0560. The van der Waals surface area contributed by atoms with Crippen LogP contribution in [0.5, 0.6) is 0 Å². The summed E-state index contributed by atoms with van der Waals surface area (Å²) in [5.74, 6) is -1.02. The molecule has 0 atom stereocenters. The number of furan rings is 1. The van der Waals surface area contributed by atoms with Gasteiger partial charge in [-0.3, -0.25) is 4.79 Å². The largest absolute Gasteiger partial charge is 0.455 e. The fourth-order valence-corrected chi connectivity index (χ4v) is 4.57. The SMILES string of the molecule is Cc1c(C(=O)Nc2cccc(C(F)(F)F)c2)oc2c1/C(=N/NS(=O)(=O)c1ccc(F)cc1)CCC2. The highest BCUT2D eigenvalue weighted by atomic mass is 32.2. The number of hydrogen-bond acceptors (Lipinski definition) is 5. The Labute approximate surface area is 197 Å². The Morgan fingerprint density at radius 1 is 1.09 bits per heavy atom. The molecule has 0 aliphatic heterocycles. The van der Waals surface area contributed by atoms with Gasteiger partial charge in [0.15, 0.2) is 5.76 Å². The first-order valence-electron chi connectivity index (χ1n) is 10.4. The summed E-state index contributed by atoms with van der Waals surface area (Å²) in [4.78, 5) is 14.7. The fourth-order valence-electron chi connectivity index (χ4n) is 3.74. The molecule has 35 heavy (non-hydrogen) atoms. The molecule has 12 heteroatoms. The first kappa shape index (κ1) is 24.5. The lowest BCUT2D eigenvalue weighted by atomic mass is 9.93. The molecule has 0 radical (unpaired) electrons. The quantitative estimate of drug-likeness (QED) is 0.373. The molecule has 1 amide bonds. The van der Waals surface area contributed by atoms with Crippen LogP contribution in [0.1, 0.15) is 45.8 Å². The van der Waals surface area contributed by atoms with Gasteiger partial charge in [-0.1, -0.05) is 6.07 Å². The van der Waals surface area contributed by atoms with Gasteiger partial charge in [0.05, 0.1) is 16.2 Å². The molecule has 3 aromatic rings. The van der Waals surface area contributed by atoms with Gasteiger partial charge in [0.25, 0.3) is 15.9 Å². The normalized spacial score (nSPS) is 15.1. The van der Waals surface area contributed by atoms with Crippen LogP contribution in [0.4, 0.5) is 23.2 Å². The third-order valence-electron chi connectivity index (χ3n) is 5.40. The summed E-state index contributed by atoms with van der Waals surface area (Å²) in [6, 6.07) is 8.42. The van der Waals surface area contributed by atoms with Gasteiger partial charge in [-0.05, 0) is 62.2 Å². The highest BCUT2D eigenvalue weighted by molar-refractivity contribution is 7.89. The molecule has 0 spiro atoms. The molecule has 1 heterocycles. The van der Waals surface area contributed by atoms with E-state index in [1.807, 2.05) is 0 Å². The van der Waals surface area contributed by atoms with Crippen molar-refractivity contribution in [2.24, 2.45) is 5.10 Å². The number of hydrazone groups is 1. The number of hydrogen-bond donors (Lipinski definition) is 2. The molecule has 0 saturated carbocycles. The van der Waals surface area contributed by atoms with Crippen molar-refractivity contribution >= 4 is 27.3 Å². The van der Waals surface area contributed by atoms with E-state index in [1.165, 1.54) is 12.1 Å². The van der Waals surface area contributed by atoms with E-state index in [2.05, 4.69) is 15.2 Å². The lowest BCUT2D eigenvalue weighted by Crippen LogP contribution is -2.22. The summed E-state index contributed by atoms with van der Waals surface area (Å²) in [5.41, 5.74) is 0.223. The Kier molecular flexibility index (Phi) is 6.41. The van der Waals surface area contributed by atoms with Gasteiger partial charge in [-0.15, -0.1) is 0 Å². The third-order valence-corrected chi connectivity index (χ3v) is 6.63. The zero-order valence-electron chi connectivity index (χ0n) is 18.2. The molecule has 0 bridgehead atoms. The molecule has 0 saturated heterocycles. The van der Waals surface area contributed by atoms with Gasteiger partial charge in [-0.25, -0.2) is 4.39 Å². The maximum atomic E-state index is 13.1. The highest BCUT2D eigenvalue weighted by Crippen LogP contribution is 2.32. The number of nitrogens with one attached hydrogen (secondary N) is 2. The lowest BCUT2D eigenvalue weighted by molar-refractivity contribution is -0.137. The fraction of sp³-hybridized carbons (Fsp3) is 0.217. The second-order valence-corrected chi connectivity index (χ2v) is 9.51. The number of fused-ring (bicyclic) bond motifs is 1. The highest BCUT2D eigenvalue weighted by Gasteiger charge is 2.31. The summed E-state index contributed by atoms with van der Waals surface area (Å²) in [7, 11) is -4.06. The average Bonchev–Trinajstić information content (AvgIpc) is 3.15. The zero-order valence-corrected chi connectivity index (χ0v) is 19.1. The van der Waals surface area contributed by atoms with E-state index < -0.39 is 33.5 Å². The summed E-state index contributed by atoms with van der Waals surface area (Å²) in [6.07, 6.45) is -3.12. The molecule has 1 aromatic heterocycles. The van der Waals surface area contributed by atoms with Crippen LogP contribution in [-0.2, 0) is 22.6 Å². The second kappa shape index (κ2) is 9.17. The van der Waals surface area contributed by atoms with Crippen molar-refractivity contribution in [3.05, 3.63) is 82.6 Å². The Morgan fingerprint density at radius 2 is 1.80 bits per heavy atom. The third kappa shape index (κ3) is 5.21. The minimum Gasteiger partial charge on any atom is -0.455 e. The molecule has 1 aliphatic carbocycles. The number of carbonyl (C=O) groups excluding carboxylic acids is 1. The molecule has 0 fully saturated rings. The number of alkyl halides is 3. The predicted molar refractivity (Wildman–Crippen MR) is 119 cm³/mol. The Morgan fingerprint density at radius 3 is 2.49 bits per heavy atom. The number of carbonyl (C=O) groups is 1. The Bertz CT molecular complexity index is 1410. The molecule has 4 rings (SSSR count). The van der Waals surface area contributed by atoms with Gasteiger partial charge < -0.3 is 9.73 Å². The van der Waals surface area contributed by atoms with E-state index >= 15 is 0 Å². The molecule has 2 aromatic carbocycles. The second-order valence-electron chi connectivity index (χ2n) is 7.85. The van der Waals surface area contributed by atoms with Crippen molar-refractivity contribution in [3.8, 4) is 0 Å². The van der Waals surface area contributed by atoms with E-state index in [9.17, 15) is 30.8 Å². The van der Waals surface area contributed by atoms with E-state index in [0.717, 1.165) is 36.4 Å². The summed E-state index contributed by atoms with van der Waals surface area (Å²) >= 11 is 0. The van der Waals surface area contributed by atoms with Crippen LogP contribution in [0.3, 0.4) is 0 Å². The predicted octanol–water partition coefficient (Wildman–Crippen LogP) is 5.02. The Balaban J connectivity index is 1.59. The molecule has 0 unspecified atom stereocenters. The number of amides is 1. The van der Waals surface area contributed by atoms with Crippen LogP contribution in [0.25, 0.3) is 0 Å². The monoisotopic (exact) mass is 509 g/mol. The van der Waals surface area contributed by atoms with Crippen molar-refractivity contribution in [2.75, 3.05) is 5.32 Å². The van der Waals surface area contributed by atoms with Crippen LogP contribution in [0.2, 0.25) is 0 Å². The number of sulfonamides is 1. The number of benzene rings is 2. The maximum absolute atomic E-state index is 13.1. The van der Waals surface area contributed by atoms with Crippen LogP contribution in [0, 0.1) is 12.7 Å². The number of rotatable bonds is 5. The van der Waals surface area contributed by atoms with Crippen molar-refractivity contribution in [1.82, 2.24) is 4.83 Å². The van der Waals surface area contributed by atoms with Crippen LogP contribution < -0.4 is 10.1 Å². The molecular formula is C23H19F4N3O4S. The Hall–Kier alpha value is -3.67. The average molecular weight is 509 g/mol. The first-order valence-corrected chi connectivity index (χ1v) is 11.9. The van der Waals surface area contributed by atoms with Gasteiger partial charge in [0, 0.05) is 23.2 Å². The smallest absolute Gasteiger partial charge is 0.416 e. The summed E-state index contributed by atoms with van der Waals surface area (Å²) in [5, 5.41) is 6.42. The first-order chi connectivity index (χ1) is 16.5. The van der Waals surface area contributed by atoms with E-state index in [0.29, 0.717) is 41.9 Å². The number of aryl methyl sites for hydroxylation is 1. The molecule has 2 N–H and O–H groups in total. The number of halogens is 4. The number of nitrogens with zero attached hydrogens (tertiary/aromatic N) is 1. The van der Waals surface area contributed by atoms with Gasteiger partial charge in [0.1, 0.15) is 11.6 Å². The van der Waals surface area contributed by atoms with Crippen LogP contribution >= 0.6 is 0 Å². The van der Waals surface area contributed by atoms with Crippen LogP contribution in [-0.4, -0.2) is 20.0 Å².